The number of aliphatic carboxylic acids is 1. The number of carboxylic acid groups (broad SMARTS) is 1. The molecule has 1 aliphatic carbocycles. The number of hydrogen-bond donors (Lipinski definition) is 1. The van der Waals surface area contributed by atoms with Crippen LogP contribution in [0.3, 0.4) is 0 Å². The highest BCUT2D eigenvalue weighted by Gasteiger charge is 2.49. The highest BCUT2D eigenvalue weighted by molar-refractivity contribution is 5.99. The normalized spacial score (nSPS) is 18.4. The third-order valence-corrected chi connectivity index (χ3v) is 6.49. The zero-order valence-electron chi connectivity index (χ0n) is 18.6. The van der Waals surface area contributed by atoms with Crippen LogP contribution in [0.15, 0.2) is 0 Å². The van der Waals surface area contributed by atoms with Gasteiger partial charge in [0.1, 0.15) is 6.10 Å². The molecule has 2 unspecified atom stereocenters. The first kappa shape index (κ1) is 25.0. The SMILES string of the molecule is CCCCCCCCCCC(C)C(CCC)OC(=O)C1(C(=O)O)CCCCC1. The first-order valence-corrected chi connectivity index (χ1v) is 11.9. The van der Waals surface area contributed by atoms with Crippen LogP contribution in [-0.2, 0) is 14.3 Å². The standard InChI is InChI=1S/C24H44O4/c1-4-6-7-8-9-10-11-13-17-20(3)21(16-5-2)28-23(27)24(22(25)26)18-14-12-15-19-24/h20-21H,4-19H2,1-3H3,(H,25,26). The van der Waals surface area contributed by atoms with Gasteiger partial charge in [0.05, 0.1) is 0 Å². The van der Waals surface area contributed by atoms with Crippen LogP contribution in [0.1, 0.15) is 124 Å². The van der Waals surface area contributed by atoms with Crippen LogP contribution in [0.4, 0.5) is 0 Å². The van der Waals surface area contributed by atoms with Gasteiger partial charge in [0, 0.05) is 0 Å². The predicted octanol–water partition coefficient (Wildman–Crippen LogP) is 6.90. The number of unbranched alkanes of at least 4 members (excludes halogenated alkanes) is 7. The van der Waals surface area contributed by atoms with E-state index in [2.05, 4.69) is 20.8 Å². The summed E-state index contributed by atoms with van der Waals surface area (Å²) in [5, 5.41) is 9.72. The second kappa shape index (κ2) is 14.0. The molecule has 0 saturated heterocycles. The van der Waals surface area contributed by atoms with Gasteiger partial charge in [0.2, 0.25) is 0 Å². The van der Waals surface area contributed by atoms with Crippen molar-refractivity contribution in [1.82, 2.24) is 0 Å². The second-order valence-corrected chi connectivity index (χ2v) is 8.92. The Hall–Kier alpha value is -1.06. The van der Waals surface area contributed by atoms with Gasteiger partial charge < -0.3 is 9.84 Å². The lowest BCUT2D eigenvalue weighted by atomic mass is 9.74. The van der Waals surface area contributed by atoms with Crippen LogP contribution in [0.5, 0.6) is 0 Å². The maximum absolute atomic E-state index is 12.8. The predicted molar refractivity (Wildman–Crippen MR) is 114 cm³/mol. The summed E-state index contributed by atoms with van der Waals surface area (Å²) < 4.78 is 5.86. The fourth-order valence-electron chi connectivity index (χ4n) is 4.44. The molecule has 1 saturated carbocycles. The van der Waals surface area contributed by atoms with Crippen molar-refractivity contribution in [2.45, 2.75) is 130 Å². The lowest BCUT2D eigenvalue weighted by Crippen LogP contribution is -2.44. The summed E-state index contributed by atoms with van der Waals surface area (Å²) in [5.41, 5.74) is -1.30. The van der Waals surface area contributed by atoms with Crippen LogP contribution in [-0.4, -0.2) is 23.1 Å². The Bertz CT molecular complexity index is 440. The fourth-order valence-corrected chi connectivity index (χ4v) is 4.44. The van der Waals surface area contributed by atoms with Crippen LogP contribution < -0.4 is 0 Å². The summed E-state index contributed by atoms with van der Waals surface area (Å²) in [6, 6.07) is 0. The van der Waals surface area contributed by atoms with E-state index in [1.807, 2.05) is 0 Å². The molecule has 0 radical (unpaired) electrons. The molecule has 0 aromatic heterocycles. The number of hydrogen-bond acceptors (Lipinski definition) is 3. The molecule has 0 bridgehead atoms. The number of rotatable bonds is 15. The van der Waals surface area contributed by atoms with E-state index in [4.69, 9.17) is 4.74 Å². The molecule has 1 rings (SSSR count). The van der Waals surface area contributed by atoms with Gasteiger partial charge in [-0.25, -0.2) is 0 Å². The van der Waals surface area contributed by atoms with Crippen molar-refractivity contribution in [3.05, 3.63) is 0 Å². The van der Waals surface area contributed by atoms with Gasteiger partial charge in [-0.1, -0.05) is 97.8 Å². The number of carboxylic acids is 1. The summed E-state index contributed by atoms with van der Waals surface area (Å²) in [4.78, 5) is 24.7. The monoisotopic (exact) mass is 396 g/mol. The number of ether oxygens (including phenoxy) is 1. The van der Waals surface area contributed by atoms with Gasteiger partial charge in [-0.2, -0.15) is 0 Å². The van der Waals surface area contributed by atoms with Gasteiger partial charge in [0.15, 0.2) is 5.41 Å². The van der Waals surface area contributed by atoms with Crippen LogP contribution in [0.25, 0.3) is 0 Å². The van der Waals surface area contributed by atoms with Crippen molar-refractivity contribution in [2.75, 3.05) is 0 Å². The number of carbonyl (C=O) groups is 2. The molecule has 4 heteroatoms. The van der Waals surface area contributed by atoms with Gasteiger partial charge >= 0.3 is 11.9 Å². The first-order chi connectivity index (χ1) is 13.5. The van der Waals surface area contributed by atoms with Crippen molar-refractivity contribution in [3.8, 4) is 0 Å². The number of esters is 1. The molecular formula is C24H44O4. The van der Waals surface area contributed by atoms with Crippen molar-refractivity contribution >= 4 is 11.9 Å². The zero-order valence-corrected chi connectivity index (χ0v) is 18.6. The van der Waals surface area contributed by atoms with Gasteiger partial charge in [-0.05, 0) is 31.6 Å². The molecule has 0 spiro atoms. The fraction of sp³-hybridized carbons (Fsp3) is 0.917. The summed E-state index contributed by atoms with van der Waals surface area (Å²) in [6.45, 7) is 6.49. The molecule has 1 fully saturated rings. The molecule has 4 nitrogen and oxygen atoms in total. The lowest BCUT2D eigenvalue weighted by Gasteiger charge is -2.33. The van der Waals surface area contributed by atoms with E-state index in [9.17, 15) is 14.7 Å². The third-order valence-electron chi connectivity index (χ3n) is 6.49. The zero-order chi connectivity index (χ0) is 20.8. The molecule has 0 aromatic carbocycles. The first-order valence-electron chi connectivity index (χ1n) is 11.9. The maximum Gasteiger partial charge on any atom is 0.323 e. The molecule has 0 amide bonds. The molecule has 1 aliphatic rings. The van der Waals surface area contributed by atoms with Gasteiger partial charge in [-0.3, -0.25) is 9.59 Å². The largest absolute Gasteiger partial charge is 0.480 e. The lowest BCUT2D eigenvalue weighted by molar-refractivity contribution is -0.177. The van der Waals surface area contributed by atoms with Gasteiger partial charge in [0.25, 0.3) is 0 Å². The number of carbonyl (C=O) groups excluding carboxylic acids is 1. The van der Waals surface area contributed by atoms with E-state index in [1.165, 1.54) is 44.9 Å². The Morgan fingerprint density at radius 1 is 0.857 bits per heavy atom. The highest BCUT2D eigenvalue weighted by atomic mass is 16.5. The van der Waals surface area contributed by atoms with Crippen molar-refractivity contribution in [3.63, 3.8) is 0 Å². The summed E-state index contributed by atoms with van der Waals surface area (Å²) in [7, 11) is 0. The Kier molecular flexibility index (Phi) is 12.5. The van der Waals surface area contributed by atoms with Crippen molar-refractivity contribution in [1.29, 1.82) is 0 Å². The highest BCUT2D eigenvalue weighted by Crippen LogP contribution is 2.39. The topological polar surface area (TPSA) is 63.6 Å². The molecule has 1 N–H and O–H groups in total. The summed E-state index contributed by atoms with van der Waals surface area (Å²) in [5.74, 6) is -1.19. The molecule has 164 valence electrons. The van der Waals surface area contributed by atoms with Crippen molar-refractivity contribution in [2.24, 2.45) is 11.3 Å². The summed E-state index contributed by atoms with van der Waals surface area (Å²) >= 11 is 0. The minimum Gasteiger partial charge on any atom is -0.480 e. The third kappa shape index (κ3) is 8.13. The Morgan fingerprint density at radius 3 is 1.96 bits per heavy atom. The smallest absolute Gasteiger partial charge is 0.323 e. The van der Waals surface area contributed by atoms with Gasteiger partial charge in [-0.15, -0.1) is 0 Å². The second-order valence-electron chi connectivity index (χ2n) is 8.92. The minimum absolute atomic E-state index is 0.153. The van der Waals surface area contributed by atoms with Crippen LogP contribution >= 0.6 is 0 Å². The van der Waals surface area contributed by atoms with Crippen LogP contribution in [0.2, 0.25) is 0 Å². The van der Waals surface area contributed by atoms with E-state index in [0.717, 1.165) is 44.9 Å². The maximum atomic E-state index is 12.8. The molecule has 0 aromatic rings. The van der Waals surface area contributed by atoms with E-state index in [0.29, 0.717) is 18.8 Å². The molecular weight excluding hydrogens is 352 g/mol. The molecule has 0 aliphatic heterocycles. The Labute approximate surface area is 172 Å². The van der Waals surface area contributed by atoms with Crippen LogP contribution in [0, 0.1) is 11.3 Å². The summed E-state index contributed by atoms with van der Waals surface area (Å²) in [6.07, 6.45) is 16.5. The average molecular weight is 397 g/mol. The van der Waals surface area contributed by atoms with Crippen molar-refractivity contribution < 1.29 is 19.4 Å². The Balaban J connectivity index is 2.45. The minimum atomic E-state index is -1.30. The molecule has 0 heterocycles. The Morgan fingerprint density at radius 2 is 1.43 bits per heavy atom. The average Bonchev–Trinajstić information content (AvgIpc) is 2.69. The molecule has 2 atom stereocenters. The quantitative estimate of drug-likeness (QED) is 0.186. The van der Waals surface area contributed by atoms with E-state index >= 15 is 0 Å². The van der Waals surface area contributed by atoms with E-state index < -0.39 is 17.4 Å². The van der Waals surface area contributed by atoms with E-state index in [-0.39, 0.29) is 6.10 Å². The van der Waals surface area contributed by atoms with E-state index in [1.54, 1.807) is 0 Å². The molecule has 28 heavy (non-hydrogen) atoms.